The normalized spacial score (nSPS) is 12.6. The van der Waals surface area contributed by atoms with Crippen molar-refractivity contribution in [3.8, 4) is 0 Å². The minimum Gasteiger partial charge on any atom is -0.392 e. The van der Waals surface area contributed by atoms with Crippen molar-refractivity contribution >= 4 is 0 Å². The zero-order valence-electron chi connectivity index (χ0n) is 9.03. The van der Waals surface area contributed by atoms with E-state index < -0.39 is 17.7 Å². The Bertz CT molecular complexity index is 485. The number of imidazole rings is 1. The van der Waals surface area contributed by atoms with Crippen molar-refractivity contribution in [2.24, 2.45) is 0 Å². The van der Waals surface area contributed by atoms with Crippen LogP contribution < -0.4 is 0 Å². The molecule has 1 aromatic carbocycles. The van der Waals surface area contributed by atoms with Gasteiger partial charge in [-0.05, 0) is 24.1 Å². The van der Waals surface area contributed by atoms with Crippen molar-refractivity contribution in [2.75, 3.05) is 0 Å². The average Bonchev–Trinajstić information content (AvgIpc) is 2.76. The second kappa shape index (κ2) is 5.05. The number of aliphatic hydroxyl groups is 1. The van der Waals surface area contributed by atoms with Crippen molar-refractivity contribution in [1.29, 1.82) is 0 Å². The van der Waals surface area contributed by atoms with Crippen LogP contribution in [0.1, 0.15) is 11.4 Å². The molecule has 0 saturated carbocycles. The van der Waals surface area contributed by atoms with Gasteiger partial charge in [0.05, 0.1) is 6.10 Å². The van der Waals surface area contributed by atoms with Crippen LogP contribution in [0.4, 0.5) is 8.78 Å². The van der Waals surface area contributed by atoms with E-state index >= 15 is 0 Å². The van der Waals surface area contributed by atoms with Gasteiger partial charge in [-0.3, -0.25) is 0 Å². The number of nitrogens with one attached hydrogen (secondary N) is 1. The lowest BCUT2D eigenvalue weighted by Crippen LogP contribution is -2.15. The summed E-state index contributed by atoms with van der Waals surface area (Å²) in [4.78, 5) is 6.85. The van der Waals surface area contributed by atoms with Gasteiger partial charge in [-0.1, -0.05) is 6.07 Å². The van der Waals surface area contributed by atoms with Gasteiger partial charge in [-0.25, -0.2) is 13.8 Å². The van der Waals surface area contributed by atoms with Gasteiger partial charge in [0.25, 0.3) is 0 Å². The van der Waals surface area contributed by atoms with Crippen LogP contribution in [0.3, 0.4) is 0 Å². The van der Waals surface area contributed by atoms with E-state index in [0.717, 1.165) is 12.1 Å². The van der Waals surface area contributed by atoms with E-state index in [1.807, 2.05) is 0 Å². The summed E-state index contributed by atoms with van der Waals surface area (Å²) < 4.78 is 25.6. The number of aromatic amines is 1. The average molecular weight is 238 g/mol. The molecule has 0 spiro atoms. The summed E-state index contributed by atoms with van der Waals surface area (Å²) >= 11 is 0. The van der Waals surface area contributed by atoms with Crippen molar-refractivity contribution in [3.63, 3.8) is 0 Å². The number of hydrogen-bond donors (Lipinski definition) is 2. The summed E-state index contributed by atoms with van der Waals surface area (Å²) in [5, 5.41) is 9.76. The van der Waals surface area contributed by atoms with E-state index in [9.17, 15) is 13.9 Å². The van der Waals surface area contributed by atoms with Gasteiger partial charge in [-0.15, -0.1) is 0 Å². The van der Waals surface area contributed by atoms with Gasteiger partial charge < -0.3 is 10.1 Å². The van der Waals surface area contributed by atoms with E-state index in [4.69, 9.17) is 0 Å². The molecule has 17 heavy (non-hydrogen) atoms. The minimum absolute atomic E-state index is 0.262. The number of benzene rings is 1. The third kappa shape index (κ3) is 3.10. The number of H-pyrrole nitrogens is 1. The first-order chi connectivity index (χ1) is 8.15. The lowest BCUT2D eigenvalue weighted by Gasteiger charge is -2.09. The first kappa shape index (κ1) is 11.7. The lowest BCUT2D eigenvalue weighted by atomic mass is 10.1. The maximum absolute atomic E-state index is 12.9. The van der Waals surface area contributed by atoms with Crippen LogP contribution in [0.5, 0.6) is 0 Å². The first-order valence-electron chi connectivity index (χ1n) is 5.25. The summed E-state index contributed by atoms with van der Waals surface area (Å²) in [5.74, 6) is -1.11. The number of halogens is 2. The Labute approximate surface area is 97.1 Å². The Balaban J connectivity index is 1.98. The highest BCUT2D eigenvalue weighted by Gasteiger charge is 2.10. The standard InChI is InChI=1S/C12H12F2N2O/c13-10-2-1-8(6-11(10)14)5-9(17)7-12-15-3-4-16-12/h1-4,6,9,17H,5,7H2,(H,15,16). The summed E-state index contributed by atoms with van der Waals surface area (Å²) in [6, 6.07) is 3.62. The largest absolute Gasteiger partial charge is 0.392 e. The summed E-state index contributed by atoms with van der Waals surface area (Å²) in [6.07, 6.45) is 3.20. The molecule has 2 N–H and O–H groups in total. The fourth-order valence-electron chi connectivity index (χ4n) is 1.64. The van der Waals surface area contributed by atoms with Gasteiger partial charge in [0.15, 0.2) is 11.6 Å². The van der Waals surface area contributed by atoms with Gasteiger partial charge in [0, 0.05) is 18.8 Å². The monoisotopic (exact) mass is 238 g/mol. The molecule has 0 amide bonds. The summed E-state index contributed by atoms with van der Waals surface area (Å²) in [7, 11) is 0. The van der Waals surface area contributed by atoms with E-state index in [2.05, 4.69) is 9.97 Å². The number of hydrogen-bond acceptors (Lipinski definition) is 2. The minimum atomic E-state index is -0.896. The quantitative estimate of drug-likeness (QED) is 0.853. The highest BCUT2D eigenvalue weighted by atomic mass is 19.2. The predicted octanol–water partition coefficient (Wildman–Crippen LogP) is 1.83. The van der Waals surface area contributed by atoms with Crippen molar-refractivity contribution in [1.82, 2.24) is 9.97 Å². The number of nitrogens with zero attached hydrogens (tertiary/aromatic N) is 1. The summed E-state index contributed by atoms with van der Waals surface area (Å²) in [5.41, 5.74) is 0.558. The highest BCUT2D eigenvalue weighted by molar-refractivity contribution is 5.18. The molecule has 3 nitrogen and oxygen atoms in total. The van der Waals surface area contributed by atoms with Gasteiger partial charge in [-0.2, -0.15) is 0 Å². The SMILES string of the molecule is OC(Cc1ccc(F)c(F)c1)Cc1ncc[nH]1. The van der Waals surface area contributed by atoms with Crippen LogP contribution in [0.15, 0.2) is 30.6 Å². The Morgan fingerprint density at radius 2 is 2.06 bits per heavy atom. The molecule has 0 aliphatic heterocycles. The van der Waals surface area contributed by atoms with E-state index in [-0.39, 0.29) is 6.42 Å². The van der Waals surface area contributed by atoms with Crippen molar-refractivity contribution in [3.05, 3.63) is 53.6 Å². The second-order valence-electron chi connectivity index (χ2n) is 3.85. The Morgan fingerprint density at radius 3 is 2.71 bits per heavy atom. The molecule has 1 atom stereocenters. The zero-order valence-corrected chi connectivity index (χ0v) is 9.03. The van der Waals surface area contributed by atoms with E-state index in [0.29, 0.717) is 17.8 Å². The van der Waals surface area contributed by atoms with Crippen LogP contribution in [0.25, 0.3) is 0 Å². The molecule has 2 rings (SSSR count). The third-order valence-electron chi connectivity index (χ3n) is 2.44. The van der Waals surface area contributed by atoms with Crippen LogP contribution >= 0.6 is 0 Å². The molecule has 1 unspecified atom stereocenters. The van der Waals surface area contributed by atoms with E-state index in [1.54, 1.807) is 12.4 Å². The Morgan fingerprint density at radius 1 is 1.24 bits per heavy atom. The molecule has 2 aromatic rings. The first-order valence-corrected chi connectivity index (χ1v) is 5.25. The number of rotatable bonds is 4. The second-order valence-corrected chi connectivity index (χ2v) is 3.85. The van der Waals surface area contributed by atoms with E-state index in [1.165, 1.54) is 6.07 Å². The third-order valence-corrected chi connectivity index (χ3v) is 2.44. The molecule has 90 valence electrons. The Kier molecular flexibility index (Phi) is 3.49. The van der Waals surface area contributed by atoms with Crippen molar-refractivity contribution < 1.29 is 13.9 Å². The molecule has 1 aromatic heterocycles. The maximum Gasteiger partial charge on any atom is 0.159 e. The fourth-order valence-corrected chi connectivity index (χ4v) is 1.64. The maximum atomic E-state index is 12.9. The molecule has 5 heteroatoms. The fraction of sp³-hybridized carbons (Fsp3) is 0.250. The summed E-state index contributed by atoms with van der Waals surface area (Å²) in [6.45, 7) is 0. The molecule has 0 bridgehead atoms. The van der Waals surface area contributed by atoms with Crippen molar-refractivity contribution in [2.45, 2.75) is 18.9 Å². The predicted molar refractivity (Wildman–Crippen MR) is 58.4 cm³/mol. The lowest BCUT2D eigenvalue weighted by molar-refractivity contribution is 0.173. The molecule has 0 radical (unpaired) electrons. The molecular formula is C12H12F2N2O. The van der Waals surface area contributed by atoms with Gasteiger partial charge in [0.2, 0.25) is 0 Å². The number of aliphatic hydroxyl groups excluding tert-OH is 1. The molecule has 1 heterocycles. The van der Waals surface area contributed by atoms with Crippen LogP contribution in [-0.2, 0) is 12.8 Å². The zero-order chi connectivity index (χ0) is 12.3. The molecule has 0 fully saturated rings. The highest BCUT2D eigenvalue weighted by Crippen LogP contribution is 2.11. The van der Waals surface area contributed by atoms with Gasteiger partial charge >= 0.3 is 0 Å². The van der Waals surface area contributed by atoms with Crippen LogP contribution in [-0.4, -0.2) is 21.2 Å². The topological polar surface area (TPSA) is 48.9 Å². The smallest absolute Gasteiger partial charge is 0.159 e. The molecule has 0 aliphatic carbocycles. The Hall–Kier alpha value is -1.75. The van der Waals surface area contributed by atoms with Crippen LogP contribution in [0, 0.1) is 11.6 Å². The van der Waals surface area contributed by atoms with Gasteiger partial charge in [0.1, 0.15) is 5.82 Å². The molecule has 0 saturated heterocycles. The molecular weight excluding hydrogens is 226 g/mol. The molecule has 0 aliphatic rings. The van der Waals surface area contributed by atoms with Crippen LogP contribution in [0.2, 0.25) is 0 Å². The number of aromatic nitrogens is 2.